The van der Waals surface area contributed by atoms with Crippen molar-refractivity contribution in [3.8, 4) is 22.6 Å². The maximum Gasteiger partial charge on any atom is 0.283 e. The van der Waals surface area contributed by atoms with Crippen molar-refractivity contribution in [1.29, 1.82) is 0 Å². The number of hydrogen-bond donors (Lipinski definition) is 1. The first-order valence-electron chi connectivity index (χ1n) is 8.05. The average molecular weight is 348 g/mol. The Kier molecular flexibility index (Phi) is 3.00. The summed E-state index contributed by atoms with van der Waals surface area (Å²) in [5.74, 6) is 0.462. The molecule has 0 saturated carbocycles. The molecule has 5 rings (SSSR count). The largest absolute Gasteiger partial charge is 0.462 e. The SMILES string of the molecule is NC1=NC2(CO1)c1ccccc1Oc1c(-c3cccnc3F)ccnc12. The molecule has 2 aliphatic heterocycles. The van der Waals surface area contributed by atoms with Gasteiger partial charge in [0.1, 0.15) is 18.1 Å². The van der Waals surface area contributed by atoms with Crippen LogP contribution in [-0.4, -0.2) is 22.6 Å². The van der Waals surface area contributed by atoms with E-state index in [1.807, 2.05) is 24.3 Å². The van der Waals surface area contributed by atoms with Crippen LogP contribution in [0.3, 0.4) is 0 Å². The number of amidine groups is 1. The molecular formula is C19H13FN4O2. The van der Waals surface area contributed by atoms with Crippen LogP contribution in [0, 0.1) is 5.95 Å². The predicted octanol–water partition coefficient (Wildman–Crippen LogP) is 2.98. The smallest absolute Gasteiger partial charge is 0.283 e. The summed E-state index contributed by atoms with van der Waals surface area (Å²) in [6.45, 7) is 0.207. The molecule has 6 nitrogen and oxygen atoms in total. The number of aromatic nitrogens is 2. The van der Waals surface area contributed by atoms with Gasteiger partial charge in [-0.2, -0.15) is 4.39 Å². The number of nitrogens with zero attached hydrogens (tertiary/aromatic N) is 3. The molecular weight excluding hydrogens is 335 g/mol. The maximum absolute atomic E-state index is 14.3. The van der Waals surface area contributed by atoms with E-state index in [0.717, 1.165) is 5.56 Å². The summed E-state index contributed by atoms with van der Waals surface area (Å²) < 4.78 is 25.9. The van der Waals surface area contributed by atoms with Crippen molar-refractivity contribution in [2.24, 2.45) is 10.7 Å². The van der Waals surface area contributed by atoms with Gasteiger partial charge in [-0.15, -0.1) is 0 Å². The third kappa shape index (κ3) is 1.94. The fourth-order valence-electron chi connectivity index (χ4n) is 3.47. The Morgan fingerprint density at radius 2 is 1.88 bits per heavy atom. The van der Waals surface area contributed by atoms with E-state index in [0.29, 0.717) is 28.3 Å². The monoisotopic (exact) mass is 348 g/mol. The zero-order valence-electron chi connectivity index (χ0n) is 13.5. The second-order valence-electron chi connectivity index (χ2n) is 6.08. The van der Waals surface area contributed by atoms with Gasteiger partial charge in [-0.05, 0) is 24.3 Å². The standard InChI is InChI=1S/C19H13FN4O2/c20-17-12(4-3-8-23-17)11-7-9-22-16-15(11)26-14-6-2-1-5-13(14)19(16)10-25-18(21)24-19/h1-9H,10H2,(H2,21,24). The van der Waals surface area contributed by atoms with Crippen molar-refractivity contribution in [3.05, 3.63) is 72.1 Å². The molecule has 2 aromatic heterocycles. The molecule has 0 saturated heterocycles. The molecule has 0 aliphatic carbocycles. The summed E-state index contributed by atoms with van der Waals surface area (Å²) in [6.07, 6.45) is 3.00. The van der Waals surface area contributed by atoms with E-state index in [1.165, 1.54) is 6.20 Å². The van der Waals surface area contributed by atoms with Gasteiger partial charge in [-0.3, -0.25) is 4.98 Å². The van der Waals surface area contributed by atoms with E-state index in [-0.39, 0.29) is 12.6 Å². The molecule has 2 aliphatic rings. The molecule has 0 fully saturated rings. The van der Waals surface area contributed by atoms with Crippen molar-refractivity contribution in [2.75, 3.05) is 6.61 Å². The number of nitrogens with two attached hydrogens (primary N) is 1. The van der Waals surface area contributed by atoms with Gasteiger partial charge in [0.2, 0.25) is 5.95 Å². The van der Waals surface area contributed by atoms with Crippen LogP contribution >= 0.6 is 0 Å². The van der Waals surface area contributed by atoms with Gasteiger partial charge in [-0.1, -0.05) is 18.2 Å². The Morgan fingerprint density at radius 3 is 2.69 bits per heavy atom. The van der Waals surface area contributed by atoms with Gasteiger partial charge in [0.15, 0.2) is 11.3 Å². The number of fused-ring (bicyclic) bond motifs is 4. The molecule has 7 heteroatoms. The van der Waals surface area contributed by atoms with Gasteiger partial charge in [0.25, 0.3) is 6.02 Å². The molecule has 128 valence electrons. The molecule has 0 bridgehead atoms. The zero-order chi connectivity index (χ0) is 17.7. The number of hydrogen-bond acceptors (Lipinski definition) is 6. The van der Waals surface area contributed by atoms with Crippen LogP contribution in [0.4, 0.5) is 4.39 Å². The number of aliphatic imine (C=N–C) groups is 1. The van der Waals surface area contributed by atoms with Crippen LogP contribution in [-0.2, 0) is 10.3 Å². The minimum Gasteiger partial charge on any atom is -0.462 e. The van der Waals surface area contributed by atoms with E-state index in [2.05, 4.69) is 15.0 Å². The van der Waals surface area contributed by atoms with E-state index in [9.17, 15) is 4.39 Å². The Balaban J connectivity index is 1.82. The molecule has 0 radical (unpaired) electrons. The highest BCUT2D eigenvalue weighted by Crippen LogP contribution is 2.52. The van der Waals surface area contributed by atoms with E-state index in [4.69, 9.17) is 15.2 Å². The third-order valence-electron chi connectivity index (χ3n) is 4.62. The predicted molar refractivity (Wildman–Crippen MR) is 92.3 cm³/mol. The number of pyridine rings is 2. The Labute approximate surface area is 148 Å². The number of ether oxygens (including phenoxy) is 2. The van der Waals surface area contributed by atoms with E-state index < -0.39 is 11.5 Å². The quantitative estimate of drug-likeness (QED) is 0.684. The highest BCUT2D eigenvalue weighted by molar-refractivity contribution is 5.79. The molecule has 1 atom stereocenters. The summed E-state index contributed by atoms with van der Waals surface area (Å²) >= 11 is 0. The van der Waals surface area contributed by atoms with Crippen LogP contribution in [0.25, 0.3) is 11.1 Å². The van der Waals surface area contributed by atoms with Crippen molar-refractivity contribution in [2.45, 2.75) is 5.54 Å². The highest BCUT2D eigenvalue weighted by atomic mass is 19.1. The number of benzene rings is 1. The fourth-order valence-corrected chi connectivity index (χ4v) is 3.47. The molecule has 1 aromatic carbocycles. The van der Waals surface area contributed by atoms with Crippen molar-refractivity contribution in [1.82, 2.24) is 9.97 Å². The first kappa shape index (κ1) is 14.8. The number of rotatable bonds is 1. The van der Waals surface area contributed by atoms with Crippen LogP contribution in [0.1, 0.15) is 11.3 Å². The Bertz CT molecular complexity index is 1070. The maximum atomic E-state index is 14.3. The van der Waals surface area contributed by atoms with Crippen LogP contribution in [0.5, 0.6) is 11.5 Å². The lowest BCUT2D eigenvalue weighted by atomic mass is 9.83. The second-order valence-corrected chi connectivity index (χ2v) is 6.08. The molecule has 1 spiro atoms. The molecule has 3 aromatic rings. The molecule has 1 unspecified atom stereocenters. The summed E-state index contributed by atoms with van der Waals surface area (Å²) in [6, 6.07) is 12.6. The lowest BCUT2D eigenvalue weighted by molar-refractivity contribution is 0.260. The number of halogens is 1. The van der Waals surface area contributed by atoms with Gasteiger partial charge < -0.3 is 15.2 Å². The van der Waals surface area contributed by atoms with Crippen molar-refractivity contribution < 1.29 is 13.9 Å². The van der Waals surface area contributed by atoms with Gasteiger partial charge in [-0.25, -0.2) is 9.98 Å². The lowest BCUT2D eigenvalue weighted by Crippen LogP contribution is -2.32. The fraction of sp³-hybridized carbons (Fsp3) is 0.105. The van der Waals surface area contributed by atoms with Crippen molar-refractivity contribution in [3.63, 3.8) is 0 Å². The average Bonchev–Trinajstić information content (AvgIpc) is 3.05. The van der Waals surface area contributed by atoms with Gasteiger partial charge in [0, 0.05) is 29.1 Å². The Morgan fingerprint density at radius 1 is 1.00 bits per heavy atom. The minimum absolute atomic E-state index is 0.0902. The zero-order valence-corrected chi connectivity index (χ0v) is 13.5. The second kappa shape index (κ2) is 5.26. The first-order chi connectivity index (χ1) is 12.7. The van der Waals surface area contributed by atoms with Crippen LogP contribution < -0.4 is 10.5 Å². The summed E-state index contributed by atoms with van der Waals surface area (Å²) in [5, 5.41) is 0. The van der Waals surface area contributed by atoms with Crippen molar-refractivity contribution >= 4 is 6.02 Å². The molecule has 0 amide bonds. The highest BCUT2D eigenvalue weighted by Gasteiger charge is 2.48. The van der Waals surface area contributed by atoms with Gasteiger partial charge in [0.05, 0.1) is 0 Å². The first-order valence-corrected chi connectivity index (χ1v) is 8.05. The normalized spacial score (nSPS) is 20.0. The molecule has 4 heterocycles. The third-order valence-corrected chi connectivity index (χ3v) is 4.62. The van der Waals surface area contributed by atoms with E-state index in [1.54, 1.807) is 24.4 Å². The molecule has 2 N–H and O–H groups in total. The summed E-state index contributed by atoms with van der Waals surface area (Å²) in [5.41, 5.74) is 7.13. The van der Waals surface area contributed by atoms with E-state index >= 15 is 0 Å². The minimum atomic E-state index is -0.914. The van der Waals surface area contributed by atoms with Crippen LogP contribution in [0.15, 0.2) is 59.9 Å². The van der Waals surface area contributed by atoms with Crippen LogP contribution in [0.2, 0.25) is 0 Å². The van der Waals surface area contributed by atoms with Gasteiger partial charge >= 0.3 is 0 Å². The topological polar surface area (TPSA) is 82.6 Å². The molecule has 26 heavy (non-hydrogen) atoms. The summed E-state index contributed by atoms with van der Waals surface area (Å²) in [7, 11) is 0. The lowest BCUT2D eigenvalue weighted by Gasteiger charge is -2.33. The Hall–Kier alpha value is -3.48. The number of para-hydroxylation sites is 1. The summed E-state index contributed by atoms with van der Waals surface area (Å²) in [4.78, 5) is 12.8.